The predicted molar refractivity (Wildman–Crippen MR) is 105 cm³/mol. The van der Waals surface area contributed by atoms with Crippen LogP contribution in [0.2, 0.25) is 0 Å². The summed E-state index contributed by atoms with van der Waals surface area (Å²) in [6.45, 7) is 2.01. The first kappa shape index (κ1) is 17.7. The van der Waals surface area contributed by atoms with Crippen molar-refractivity contribution in [2.45, 2.75) is 31.8 Å². The molecule has 1 aliphatic rings. The fourth-order valence-electron chi connectivity index (χ4n) is 3.15. The van der Waals surface area contributed by atoms with Crippen LogP contribution in [-0.4, -0.2) is 30.3 Å². The number of likely N-dealkylation sites (tertiary alicyclic amines) is 1. The number of rotatable bonds is 6. The Morgan fingerprint density at radius 1 is 1.04 bits per heavy atom. The van der Waals surface area contributed by atoms with Gasteiger partial charge in [0.1, 0.15) is 11.9 Å². The third kappa shape index (κ3) is 4.95. The number of hydrogen-bond acceptors (Lipinski definition) is 3. The van der Waals surface area contributed by atoms with Gasteiger partial charge in [0.2, 0.25) is 0 Å². The first-order chi connectivity index (χ1) is 12.3. The van der Waals surface area contributed by atoms with Crippen molar-refractivity contribution >= 4 is 17.4 Å². The molecule has 0 spiro atoms. The first-order valence-corrected chi connectivity index (χ1v) is 9.30. The van der Waals surface area contributed by atoms with Crippen LogP contribution >= 0.6 is 12.2 Å². The van der Waals surface area contributed by atoms with E-state index < -0.39 is 0 Å². The lowest BCUT2D eigenvalue weighted by Crippen LogP contribution is -2.29. The molecule has 0 aromatic heterocycles. The van der Waals surface area contributed by atoms with E-state index >= 15 is 0 Å². The molecule has 4 heteroatoms. The van der Waals surface area contributed by atoms with Gasteiger partial charge in [-0.2, -0.15) is 0 Å². The third-order valence-electron chi connectivity index (χ3n) is 4.63. The Hall–Kier alpha value is -2.07. The largest absolute Gasteiger partial charge is 0.497 e. The van der Waals surface area contributed by atoms with Crippen LogP contribution in [0, 0.1) is 0 Å². The van der Waals surface area contributed by atoms with Crippen LogP contribution in [-0.2, 0) is 11.2 Å². The van der Waals surface area contributed by atoms with Crippen molar-refractivity contribution in [3.63, 3.8) is 0 Å². The number of ether oxygens (including phenoxy) is 2. The number of hydrogen-bond donors (Lipinski definition) is 0. The lowest BCUT2D eigenvalue weighted by atomic mass is 10.0. The molecule has 1 aliphatic heterocycles. The van der Waals surface area contributed by atoms with Crippen molar-refractivity contribution in [3.8, 4) is 5.75 Å². The molecule has 0 amide bonds. The van der Waals surface area contributed by atoms with Crippen molar-refractivity contribution < 1.29 is 9.47 Å². The fourth-order valence-corrected chi connectivity index (χ4v) is 3.45. The molecule has 25 heavy (non-hydrogen) atoms. The fraction of sp³-hybridized carbons (Fsp3) is 0.381. The average molecular weight is 356 g/mol. The molecule has 0 saturated carbocycles. The van der Waals surface area contributed by atoms with Gasteiger partial charge in [-0.3, -0.25) is 0 Å². The smallest absolute Gasteiger partial charge is 0.259 e. The summed E-state index contributed by atoms with van der Waals surface area (Å²) >= 11 is 5.55. The molecule has 3 rings (SSSR count). The van der Waals surface area contributed by atoms with Crippen LogP contribution in [0.3, 0.4) is 0 Å². The zero-order valence-corrected chi connectivity index (χ0v) is 15.5. The highest BCUT2D eigenvalue weighted by Gasteiger charge is 2.21. The van der Waals surface area contributed by atoms with Gasteiger partial charge in [-0.1, -0.05) is 42.5 Å². The second kappa shape index (κ2) is 8.86. The van der Waals surface area contributed by atoms with Crippen LogP contribution < -0.4 is 4.74 Å². The van der Waals surface area contributed by atoms with Crippen molar-refractivity contribution in [2.75, 3.05) is 20.2 Å². The van der Waals surface area contributed by atoms with E-state index in [2.05, 4.69) is 41.3 Å². The number of nitrogens with zero attached hydrogens (tertiary/aromatic N) is 1. The molecule has 1 heterocycles. The van der Waals surface area contributed by atoms with E-state index in [0.717, 1.165) is 37.2 Å². The minimum absolute atomic E-state index is 0.0424. The summed E-state index contributed by atoms with van der Waals surface area (Å²) in [5, 5.41) is 0.631. The quantitative estimate of drug-likeness (QED) is 0.696. The van der Waals surface area contributed by atoms with E-state index in [-0.39, 0.29) is 6.10 Å². The molecule has 1 atom stereocenters. The molecule has 2 aromatic carbocycles. The summed E-state index contributed by atoms with van der Waals surface area (Å²) < 4.78 is 11.5. The summed E-state index contributed by atoms with van der Waals surface area (Å²) in [4.78, 5) is 2.17. The Kier molecular flexibility index (Phi) is 6.29. The van der Waals surface area contributed by atoms with Crippen LogP contribution in [0.4, 0.5) is 0 Å². The van der Waals surface area contributed by atoms with Gasteiger partial charge in [-0.05, 0) is 61.2 Å². The number of methoxy groups -OCH3 is 1. The van der Waals surface area contributed by atoms with E-state index in [1.807, 2.05) is 18.2 Å². The molecule has 3 nitrogen and oxygen atoms in total. The maximum absolute atomic E-state index is 6.23. The molecule has 0 radical (unpaired) electrons. The molecular weight excluding hydrogens is 330 g/mol. The van der Waals surface area contributed by atoms with Crippen molar-refractivity contribution in [2.24, 2.45) is 0 Å². The lowest BCUT2D eigenvalue weighted by Gasteiger charge is -2.25. The summed E-state index contributed by atoms with van der Waals surface area (Å²) in [5.74, 6) is 0.854. The predicted octanol–water partition coefficient (Wildman–Crippen LogP) is 4.77. The molecule has 0 aliphatic carbocycles. The van der Waals surface area contributed by atoms with Gasteiger partial charge in [0.25, 0.3) is 5.17 Å². The summed E-state index contributed by atoms with van der Waals surface area (Å²) in [6.07, 6.45) is 4.20. The first-order valence-electron chi connectivity index (χ1n) is 8.89. The van der Waals surface area contributed by atoms with Crippen LogP contribution in [0.1, 0.15) is 36.5 Å². The highest BCUT2D eigenvalue weighted by atomic mass is 32.1. The van der Waals surface area contributed by atoms with Gasteiger partial charge in [-0.25, -0.2) is 0 Å². The zero-order chi connectivity index (χ0) is 17.5. The van der Waals surface area contributed by atoms with Gasteiger partial charge >= 0.3 is 0 Å². The van der Waals surface area contributed by atoms with E-state index in [0.29, 0.717) is 5.17 Å². The summed E-state index contributed by atoms with van der Waals surface area (Å²) in [5.41, 5.74) is 2.45. The molecule has 1 fully saturated rings. The minimum atomic E-state index is -0.0424. The molecule has 0 bridgehead atoms. The van der Waals surface area contributed by atoms with Crippen LogP contribution in [0.5, 0.6) is 5.75 Å². The van der Waals surface area contributed by atoms with Gasteiger partial charge in [-0.15, -0.1) is 0 Å². The van der Waals surface area contributed by atoms with E-state index in [1.165, 1.54) is 18.4 Å². The van der Waals surface area contributed by atoms with Crippen LogP contribution in [0.15, 0.2) is 54.6 Å². The standard InChI is InChI=1S/C21H25NO2S/c1-23-19-12-10-18(11-13-19)20(14-9-17-7-3-2-4-8-17)24-21(25)22-15-5-6-16-22/h2-4,7-8,10-13,20H,5-6,9,14-16H2,1H3. The molecule has 0 N–H and O–H groups in total. The molecule has 2 aromatic rings. The number of thiocarbonyl (C=S) groups is 1. The average Bonchev–Trinajstić information content (AvgIpc) is 3.21. The Balaban J connectivity index is 1.70. The van der Waals surface area contributed by atoms with Crippen LogP contribution in [0.25, 0.3) is 0 Å². The van der Waals surface area contributed by atoms with Crippen molar-refractivity contribution in [1.29, 1.82) is 0 Å². The molecule has 1 unspecified atom stereocenters. The highest BCUT2D eigenvalue weighted by Crippen LogP contribution is 2.27. The Morgan fingerprint density at radius 3 is 2.36 bits per heavy atom. The summed E-state index contributed by atoms with van der Waals surface area (Å²) in [7, 11) is 1.68. The monoisotopic (exact) mass is 355 g/mol. The number of aryl methyl sites for hydroxylation is 1. The van der Waals surface area contributed by atoms with Crippen molar-refractivity contribution in [3.05, 3.63) is 65.7 Å². The second-order valence-corrected chi connectivity index (χ2v) is 6.71. The second-order valence-electron chi connectivity index (χ2n) is 6.36. The molecular formula is C21H25NO2S. The SMILES string of the molecule is COc1ccc(C(CCc2ccccc2)OC(=S)N2CCCC2)cc1. The van der Waals surface area contributed by atoms with Gasteiger partial charge < -0.3 is 14.4 Å². The minimum Gasteiger partial charge on any atom is -0.497 e. The number of benzene rings is 2. The molecule has 1 saturated heterocycles. The van der Waals surface area contributed by atoms with E-state index in [1.54, 1.807) is 7.11 Å². The Labute approximate surface area is 155 Å². The van der Waals surface area contributed by atoms with Crippen molar-refractivity contribution in [1.82, 2.24) is 4.90 Å². The van der Waals surface area contributed by atoms with E-state index in [4.69, 9.17) is 21.7 Å². The molecule has 132 valence electrons. The highest BCUT2D eigenvalue weighted by molar-refractivity contribution is 7.80. The van der Waals surface area contributed by atoms with Gasteiger partial charge in [0.05, 0.1) is 7.11 Å². The maximum atomic E-state index is 6.23. The Morgan fingerprint density at radius 2 is 1.72 bits per heavy atom. The van der Waals surface area contributed by atoms with E-state index in [9.17, 15) is 0 Å². The van der Waals surface area contributed by atoms with Gasteiger partial charge in [0, 0.05) is 13.1 Å². The van der Waals surface area contributed by atoms with Gasteiger partial charge in [0.15, 0.2) is 0 Å². The summed E-state index contributed by atoms with van der Waals surface area (Å²) in [6, 6.07) is 18.6. The maximum Gasteiger partial charge on any atom is 0.259 e. The topological polar surface area (TPSA) is 21.7 Å². The lowest BCUT2D eigenvalue weighted by molar-refractivity contribution is 0.156. The normalized spacial score (nSPS) is 15.0. The third-order valence-corrected chi connectivity index (χ3v) is 4.99. The zero-order valence-electron chi connectivity index (χ0n) is 14.7. The Bertz CT molecular complexity index is 666.